The fraction of sp³-hybridized carbons (Fsp3) is 0.250. The quantitative estimate of drug-likeness (QED) is 0.820. The minimum absolute atomic E-state index is 0.382. The minimum atomic E-state index is -3.42. The molecule has 0 spiro atoms. The van der Waals surface area contributed by atoms with Crippen molar-refractivity contribution >= 4 is 9.84 Å². The summed E-state index contributed by atoms with van der Waals surface area (Å²) in [6, 6.07) is 5.43. The van der Waals surface area contributed by atoms with Crippen LogP contribution in [0, 0.1) is 13.8 Å². The molecule has 100 valence electrons. The Balaban J connectivity index is 2.49. The number of sulfone groups is 1. The van der Waals surface area contributed by atoms with E-state index in [1.54, 1.807) is 18.2 Å². The molecule has 1 aliphatic carbocycles. The normalized spacial score (nSPS) is 15.7. The van der Waals surface area contributed by atoms with Crippen molar-refractivity contribution in [3.63, 3.8) is 0 Å². The van der Waals surface area contributed by atoms with E-state index < -0.39 is 9.84 Å². The van der Waals surface area contributed by atoms with Crippen LogP contribution in [0.15, 0.2) is 57.9 Å². The van der Waals surface area contributed by atoms with E-state index in [2.05, 4.69) is 0 Å². The number of hydrogen-bond acceptors (Lipinski definition) is 2. The monoisotopic (exact) mass is 274 g/mol. The second-order valence-electron chi connectivity index (χ2n) is 4.90. The Kier molecular flexibility index (Phi) is 3.76. The maximum Gasteiger partial charge on any atom is 0.206 e. The first kappa shape index (κ1) is 13.8. The van der Waals surface area contributed by atoms with Gasteiger partial charge in [0, 0.05) is 0 Å². The summed E-state index contributed by atoms with van der Waals surface area (Å²) in [7, 11) is -3.42. The summed E-state index contributed by atoms with van der Waals surface area (Å²) in [5.74, 6) is 0. The van der Waals surface area contributed by atoms with Crippen LogP contribution in [-0.2, 0) is 9.84 Å². The maximum atomic E-state index is 12.6. The lowest BCUT2D eigenvalue weighted by Gasteiger charge is -2.09. The third-order valence-electron chi connectivity index (χ3n) is 3.20. The molecule has 1 aromatic rings. The fourth-order valence-electron chi connectivity index (χ4n) is 2.14. The zero-order chi connectivity index (χ0) is 14.0. The van der Waals surface area contributed by atoms with Crippen LogP contribution in [0.25, 0.3) is 0 Å². The van der Waals surface area contributed by atoms with Crippen LogP contribution in [0.4, 0.5) is 0 Å². The van der Waals surface area contributed by atoms with Gasteiger partial charge in [0.25, 0.3) is 0 Å². The summed E-state index contributed by atoms with van der Waals surface area (Å²) in [5, 5.41) is 0. The van der Waals surface area contributed by atoms with Crippen LogP contribution in [-0.4, -0.2) is 8.42 Å². The fourth-order valence-corrected chi connectivity index (χ4v) is 3.68. The summed E-state index contributed by atoms with van der Waals surface area (Å²) in [5.41, 5.74) is 2.95. The number of allylic oxidation sites excluding steroid dienone is 5. The van der Waals surface area contributed by atoms with Crippen molar-refractivity contribution in [2.24, 2.45) is 0 Å². The molecule has 3 heteroatoms. The largest absolute Gasteiger partial charge is 0.219 e. The molecule has 19 heavy (non-hydrogen) atoms. The van der Waals surface area contributed by atoms with Crippen molar-refractivity contribution in [3.8, 4) is 0 Å². The van der Waals surface area contributed by atoms with Crippen molar-refractivity contribution in [3.05, 3.63) is 64.1 Å². The molecular weight excluding hydrogens is 256 g/mol. The van der Waals surface area contributed by atoms with Gasteiger partial charge < -0.3 is 0 Å². The molecule has 1 aromatic carbocycles. The summed E-state index contributed by atoms with van der Waals surface area (Å²) < 4.78 is 25.3. The van der Waals surface area contributed by atoms with Gasteiger partial charge in [-0.3, -0.25) is 0 Å². The third-order valence-corrected chi connectivity index (χ3v) is 5.16. The van der Waals surface area contributed by atoms with Crippen molar-refractivity contribution in [1.29, 1.82) is 0 Å². The van der Waals surface area contributed by atoms with Gasteiger partial charge in [0.2, 0.25) is 9.84 Å². The molecule has 2 nitrogen and oxygen atoms in total. The van der Waals surface area contributed by atoms with E-state index in [1.807, 2.05) is 45.1 Å². The lowest BCUT2D eigenvalue weighted by molar-refractivity contribution is 0.602. The van der Waals surface area contributed by atoms with Gasteiger partial charge in [0.05, 0.1) is 9.80 Å². The number of hydrogen-bond donors (Lipinski definition) is 0. The summed E-state index contributed by atoms with van der Waals surface area (Å²) >= 11 is 0. The summed E-state index contributed by atoms with van der Waals surface area (Å²) in [4.78, 5) is 0.779. The molecule has 0 unspecified atom stereocenters. The average Bonchev–Trinajstić information content (AvgIpc) is 2.53. The molecule has 0 amide bonds. The minimum Gasteiger partial charge on any atom is -0.219 e. The SMILES string of the molecule is CC1=CCC=C(S(=O)(=O)c2ccc(C)cc2C)C=C1. The maximum absolute atomic E-state index is 12.6. The molecule has 0 fully saturated rings. The molecule has 2 rings (SSSR count). The van der Waals surface area contributed by atoms with E-state index in [0.29, 0.717) is 16.2 Å². The Morgan fingerprint density at radius 3 is 2.42 bits per heavy atom. The van der Waals surface area contributed by atoms with Crippen LogP contribution in [0.1, 0.15) is 24.5 Å². The Bertz CT molecular complexity index is 689. The second kappa shape index (κ2) is 5.17. The molecule has 0 bridgehead atoms. The predicted molar refractivity (Wildman–Crippen MR) is 78.7 cm³/mol. The Morgan fingerprint density at radius 2 is 1.74 bits per heavy atom. The van der Waals surface area contributed by atoms with E-state index in [-0.39, 0.29) is 0 Å². The van der Waals surface area contributed by atoms with E-state index in [0.717, 1.165) is 16.7 Å². The number of rotatable bonds is 2. The molecular formula is C16H18O2S. The molecule has 0 radical (unpaired) electrons. The topological polar surface area (TPSA) is 34.1 Å². The highest BCUT2D eigenvalue weighted by Gasteiger charge is 2.21. The molecule has 0 aliphatic heterocycles. The average molecular weight is 274 g/mol. The first-order chi connectivity index (χ1) is 8.91. The zero-order valence-corrected chi connectivity index (χ0v) is 12.3. The van der Waals surface area contributed by atoms with Gasteiger partial charge in [-0.05, 0) is 44.9 Å². The van der Waals surface area contributed by atoms with Gasteiger partial charge in [-0.1, -0.05) is 41.5 Å². The van der Waals surface area contributed by atoms with E-state index >= 15 is 0 Å². The highest BCUT2D eigenvalue weighted by Crippen LogP contribution is 2.26. The van der Waals surface area contributed by atoms with Gasteiger partial charge >= 0.3 is 0 Å². The van der Waals surface area contributed by atoms with Crippen LogP contribution in [0.3, 0.4) is 0 Å². The highest BCUT2D eigenvalue weighted by molar-refractivity contribution is 7.95. The lowest BCUT2D eigenvalue weighted by Crippen LogP contribution is -2.05. The molecule has 0 saturated heterocycles. The third kappa shape index (κ3) is 2.87. The molecule has 0 N–H and O–H groups in total. The Labute approximate surface area is 115 Å². The zero-order valence-electron chi connectivity index (χ0n) is 11.5. The van der Waals surface area contributed by atoms with Crippen LogP contribution < -0.4 is 0 Å². The van der Waals surface area contributed by atoms with Gasteiger partial charge in [0.15, 0.2) is 0 Å². The van der Waals surface area contributed by atoms with Gasteiger partial charge in [0.1, 0.15) is 0 Å². The van der Waals surface area contributed by atoms with Crippen molar-refractivity contribution in [1.82, 2.24) is 0 Å². The summed E-state index contributed by atoms with van der Waals surface area (Å²) in [6.07, 6.45) is 7.97. The molecule has 0 heterocycles. The second-order valence-corrected chi connectivity index (χ2v) is 6.81. The van der Waals surface area contributed by atoms with Crippen molar-refractivity contribution < 1.29 is 8.42 Å². The van der Waals surface area contributed by atoms with Gasteiger partial charge in [-0.2, -0.15) is 0 Å². The molecule has 0 aromatic heterocycles. The van der Waals surface area contributed by atoms with Crippen LogP contribution >= 0.6 is 0 Å². The highest BCUT2D eigenvalue weighted by atomic mass is 32.2. The van der Waals surface area contributed by atoms with Crippen LogP contribution in [0.2, 0.25) is 0 Å². The first-order valence-corrected chi connectivity index (χ1v) is 7.77. The lowest BCUT2D eigenvalue weighted by atomic mass is 10.2. The Morgan fingerprint density at radius 1 is 1.00 bits per heavy atom. The number of aryl methyl sites for hydroxylation is 2. The molecule has 1 aliphatic rings. The van der Waals surface area contributed by atoms with E-state index in [4.69, 9.17) is 0 Å². The van der Waals surface area contributed by atoms with E-state index in [9.17, 15) is 8.42 Å². The predicted octanol–water partition coefficient (Wildman–Crippen LogP) is 3.87. The van der Waals surface area contributed by atoms with Gasteiger partial charge in [-0.15, -0.1) is 0 Å². The number of benzene rings is 1. The summed E-state index contributed by atoms with van der Waals surface area (Å²) in [6.45, 7) is 5.77. The standard InChI is InChI=1S/C16H18O2S/c1-12-5-4-6-15(9-7-12)19(17,18)16-10-8-13(2)11-14(16)3/h5-11H,4H2,1-3H3. The molecule has 0 saturated carbocycles. The van der Waals surface area contributed by atoms with E-state index in [1.165, 1.54) is 0 Å². The molecule has 0 atom stereocenters. The first-order valence-electron chi connectivity index (χ1n) is 6.28. The van der Waals surface area contributed by atoms with Crippen molar-refractivity contribution in [2.75, 3.05) is 0 Å². The van der Waals surface area contributed by atoms with Gasteiger partial charge in [-0.25, -0.2) is 8.42 Å². The smallest absolute Gasteiger partial charge is 0.206 e. The Hall–Kier alpha value is -1.61. The van der Waals surface area contributed by atoms with Crippen LogP contribution in [0.5, 0.6) is 0 Å². The van der Waals surface area contributed by atoms with Crippen molar-refractivity contribution in [2.45, 2.75) is 32.1 Å².